The molecule has 4 aliphatic carbocycles. The molecule has 0 unspecified atom stereocenters. The monoisotopic (exact) mass is 611 g/mol. The van der Waals surface area contributed by atoms with Crippen molar-refractivity contribution in [3.05, 3.63) is 0 Å². The van der Waals surface area contributed by atoms with Crippen LogP contribution in [0.4, 0.5) is 0 Å². The first-order valence-corrected chi connectivity index (χ1v) is 20.6. The van der Waals surface area contributed by atoms with Gasteiger partial charge in [0, 0.05) is 48.3 Å². The molecule has 4 spiro atoms. The van der Waals surface area contributed by atoms with Crippen molar-refractivity contribution in [2.45, 2.75) is 215 Å². The molecule has 2 heterocycles. The molecule has 2 saturated heterocycles. The van der Waals surface area contributed by atoms with Crippen LogP contribution in [-0.2, 0) is 0 Å². The maximum absolute atomic E-state index is 4.35. The van der Waals surface area contributed by atoms with Gasteiger partial charge in [-0.1, -0.05) is 128 Å². The lowest BCUT2D eigenvalue weighted by Gasteiger charge is -2.56. The summed E-state index contributed by atoms with van der Waals surface area (Å²) in [5.74, 6) is 0. The highest BCUT2D eigenvalue weighted by Crippen LogP contribution is 2.41. The van der Waals surface area contributed by atoms with Gasteiger partial charge in [-0.15, -0.1) is 0 Å². The van der Waals surface area contributed by atoms with Crippen molar-refractivity contribution in [1.82, 2.24) is 20.4 Å². The van der Waals surface area contributed by atoms with Crippen LogP contribution in [-0.4, -0.2) is 71.2 Å². The van der Waals surface area contributed by atoms with Gasteiger partial charge in [-0.25, -0.2) is 0 Å². The molecule has 0 aromatic rings. The molecule has 2 aliphatic heterocycles. The number of piperazine rings is 2. The lowest BCUT2D eigenvalue weighted by molar-refractivity contribution is 0.00400. The summed E-state index contributed by atoms with van der Waals surface area (Å²) in [6.07, 6.45) is 43.6. The average molecular weight is 611 g/mol. The predicted octanol–water partition coefficient (Wildman–Crippen LogP) is 9.51. The zero-order valence-corrected chi connectivity index (χ0v) is 29.4. The van der Waals surface area contributed by atoms with Crippen LogP contribution >= 0.6 is 0 Å². The Morgan fingerprint density at radius 1 is 0.295 bits per heavy atom. The fourth-order valence-electron chi connectivity index (χ4n) is 11.6. The van der Waals surface area contributed by atoms with Crippen molar-refractivity contribution in [3.8, 4) is 0 Å². The zero-order valence-electron chi connectivity index (χ0n) is 29.4. The standard InChI is InChI=1S/C40H74N4/c1(3-5-7-21-31-43-33-37(23-13-9-14-24-37)41-38(34-43)25-15-10-16-26-38)2-4-6-8-22-32-44-35-39(27-17-11-18-28-39)42-40(36-44)29-19-12-20-30-40/h41-42H,1-36H2. The lowest BCUT2D eigenvalue weighted by Crippen LogP contribution is -2.71. The minimum Gasteiger partial charge on any atom is -0.303 e. The van der Waals surface area contributed by atoms with E-state index in [0.29, 0.717) is 22.2 Å². The molecule has 0 atom stereocenters. The molecule has 4 saturated carbocycles. The van der Waals surface area contributed by atoms with Crippen molar-refractivity contribution in [2.24, 2.45) is 0 Å². The predicted molar refractivity (Wildman–Crippen MR) is 189 cm³/mol. The quantitative estimate of drug-likeness (QED) is 0.203. The molecule has 0 radical (unpaired) electrons. The van der Waals surface area contributed by atoms with E-state index in [2.05, 4.69) is 20.4 Å². The summed E-state index contributed by atoms with van der Waals surface area (Å²) in [7, 11) is 0. The Kier molecular flexibility index (Phi) is 12.5. The molecule has 4 heteroatoms. The summed E-state index contributed by atoms with van der Waals surface area (Å²) in [5, 5.41) is 8.70. The second kappa shape index (κ2) is 16.3. The van der Waals surface area contributed by atoms with Gasteiger partial charge in [-0.3, -0.25) is 9.80 Å². The maximum Gasteiger partial charge on any atom is 0.0314 e. The van der Waals surface area contributed by atoms with Crippen molar-refractivity contribution in [1.29, 1.82) is 0 Å². The van der Waals surface area contributed by atoms with Gasteiger partial charge in [-0.05, 0) is 77.3 Å². The van der Waals surface area contributed by atoms with Crippen LogP contribution < -0.4 is 10.6 Å². The van der Waals surface area contributed by atoms with Gasteiger partial charge in [-0.2, -0.15) is 0 Å². The second-order valence-corrected chi connectivity index (χ2v) is 17.6. The number of nitrogens with one attached hydrogen (secondary N) is 2. The van der Waals surface area contributed by atoms with Gasteiger partial charge < -0.3 is 10.6 Å². The molecule has 0 bridgehead atoms. The first kappa shape index (κ1) is 33.7. The normalized spacial score (nSPS) is 28.6. The van der Waals surface area contributed by atoms with Crippen LogP contribution in [0.15, 0.2) is 0 Å². The van der Waals surface area contributed by atoms with E-state index < -0.39 is 0 Å². The minimum absolute atomic E-state index is 0.452. The molecule has 0 amide bonds. The third-order valence-corrected chi connectivity index (χ3v) is 13.6. The maximum atomic E-state index is 4.35. The summed E-state index contributed by atoms with van der Waals surface area (Å²) in [6.45, 7) is 8.08. The Hall–Kier alpha value is -0.160. The van der Waals surface area contributed by atoms with Crippen LogP contribution in [0.2, 0.25) is 0 Å². The molecule has 0 aromatic heterocycles. The third kappa shape index (κ3) is 9.25. The molecular weight excluding hydrogens is 536 g/mol. The molecule has 254 valence electrons. The molecule has 6 aliphatic rings. The summed E-state index contributed by atoms with van der Waals surface area (Å²) in [4.78, 5) is 5.86. The highest BCUT2D eigenvalue weighted by Gasteiger charge is 2.48. The van der Waals surface area contributed by atoms with Gasteiger partial charge in [0.2, 0.25) is 0 Å². The van der Waals surface area contributed by atoms with Crippen molar-refractivity contribution in [3.63, 3.8) is 0 Å². The fourth-order valence-corrected chi connectivity index (χ4v) is 11.6. The van der Waals surface area contributed by atoms with Crippen LogP contribution in [0.5, 0.6) is 0 Å². The number of hydrogen-bond acceptors (Lipinski definition) is 4. The number of unbranched alkanes of at least 4 members (excludes halogenated alkanes) is 9. The minimum atomic E-state index is 0.452. The Morgan fingerprint density at radius 3 is 0.773 bits per heavy atom. The van der Waals surface area contributed by atoms with Gasteiger partial charge in [0.15, 0.2) is 0 Å². The molecule has 6 rings (SSSR count). The topological polar surface area (TPSA) is 30.5 Å². The number of nitrogens with zero attached hydrogens (tertiary/aromatic N) is 2. The summed E-state index contributed by atoms with van der Waals surface area (Å²) >= 11 is 0. The van der Waals surface area contributed by atoms with Crippen molar-refractivity contribution >= 4 is 0 Å². The van der Waals surface area contributed by atoms with Gasteiger partial charge in [0.05, 0.1) is 0 Å². The van der Waals surface area contributed by atoms with Gasteiger partial charge in [0.1, 0.15) is 0 Å². The van der Waals surface area contributed by atoms with Crippen LogP contribution in [0, 0.1) is 0 Å². The Morgan fingerprint density at radius 2 is 0.523 bits per heavy atom. The van der Waals surface area contributed by atoms with Crippen molar-refractivity contribution in [2.75, 3.05) is 39.3 Å². The van der Waals surface area contributed by atoms with Crippen LogP contribution in [0.25, 0.3) is 0 Å². The van der Waals surface area contributed by atoms with E-state index in [-0.39, 0.29) is 0 Å². The first-order valence-electron chi connectivity index (χ1n) is 20.6. The van der Waals surface area contributed by atoms with E-state index in [1.165, 1.54) is 232 Å². The largest absolute Gasteiger partial charge is 0.303 e. The lowest BCUT2D eigenvalue weighted by atomic mass is 9.72. The van der Waals surface area contributed by atoms with E-state index in [1.54, 1.807) is 0 Å². The Balaban J connectivity index is 0.810. The highest BCUT2D eigenvalue weighted by atomic mass is 15.3. The average Bonchev–Trinajstić information content (AvgIpc) is 3.02. The van der Waals surface area contributed by atoms with Gasteiger partial charge in [0.25, 0.3) is 0 Å². The summed E-state index contributed by atoms with van der Waals surface area (Å²) in [6, 6.07) is 0. The van der Waals surface area contributed by atoms with E-state index >= 15 is 0 Å². The molecule has 2 N–H and O–H groups in total. The second-order valence-electron chi connectivity index (χ2n) is 17.6. The fraction of sp³-hybridized carbons (Fsp3) is 1.00. The van der Waals surface area contributed by atoms with E-state index in [1.807, 2.05) is 0 Å². The van der Waals surface area contributed by atoms with Gasteiger partial charge >= 0.3 is 0 Å². The van der Waals surface area contributed by atoms with Crippen molar-refractivity contribution < 1.29 is 0 Å². The first-order chi connectivity index (χ1) is 21.6. The molecule has 4 nitrogen and oxygen atoms in total. The number of hydrogen-bond donors (Lipinski definition) is 2. The Labute approximate surface area is 274 Å². The molecular formula is C40H74N4. The SMILES string of the molecule is C(CCCCCCN1CC2(CCCCC2)NC2(CCCCC2)C1)CCCCCN1CC2(CCCCC2)NC2(CCCCC2)C1. The Bertz CT molecular complexity index is 695. The van der Waals surface area contributed by atoms with E-state index in [9.17, 15) is 0 Å². The van der Waals surface area contributed by atoms with Crippen LogP contribution in [0.3, 0.4) is 0 Å². The third-order valence-electron chi connectivity index (χ3n) is 13.6. The van der Waals surface area contributed by atoms with E-state index in [0.717, 1.165) is 0 Å². The molecule has 44 heavy (non-hydrogen) atoms. The van der Waals surface area contributed by atoms with E-state index in [4.69, 9.17) is 0 Å². The van der Waals surface area contributed by atoms with Crippen LogP contribution in [0.1, 0.15) is 193 Å². The highest BCUT2D eigenvalue weighted by molar-refractivity contribution is 5.09. The smallest absolute Gasteiger partial charge is 0.0314 e. The molecule has 0 aromatic carbocycles. The summed E-state index contributed by atoms with van der Waals surface area (Å²) < 4.78 is 0. The summed E-state index contributed by atoms with van der Waals surface area (Å²) in [5.41, 5.74) is 1.81. The number of rotatable bonds is 13. The molecule has 6 fully saturated rings. The zero-order chi connectivity index (χ0) is 30.0.